The largest absolute Gasteiger partial charge is 0.463 e. The summed E-state index contributed by atoms with van der Waals surface area (Å²) in [6, 6.07) is 7.40. The molecule has 0 saturated heterocycles. The highest BCUT2D eigenvalue weighted by atomic mass is 79.9. The van der Waals surface area contributed by atoms with Gasteiger partial charge in [-0.3, -0.25) is 14.2 Å². The number of carbonyl (C=O) groups is 1. The van der Waals surface area contributed by atoms with Crippen LogP contribution in [0.5, 0.6) is 0 Å². The van der Waals surface area contributed by atoms with Crippen molar-refractivity contribution in [2.75, 3.05) is 11.9 Å². The van der Waals surface area contributed by atoms with Gasteiger partial charge in [0.15, 0.2) is 0 Å². The molecule has 0 aliphatic heterocycles. The zero-order valence-corrected chi connectivity index (χ0v) is 11.3. The minimum absolute atomic E-state index is 0.0319. The predicted octanol–water partition coefficient (Wildman–Crippen LogP) is 2.00. The van der Waals surface area contributed by atoms with E-state index in [1.54, 1.807) is 0 Å². The van der Waals surface area contributed by atoms with Crippen LogP contribution in [0.4, 0.5) is 0 Å². The van der Waals surface area contributed by atoms with E-state index in [-0.39, 0.29) is 11.4 Å². The van der Waals surface area contributed by atoms with E-state index in [4.69, 9.17) is 4.74 Å². The van der Waals surface area contributed by atoms with Gasteiger partial charge in [-0.05, 0) is 12.1 Å². The molecule has 0 saturated carbocycles. The molecule has 0 radical (unpaired) electrons. The van der Waals surface area contributed by atoms with E-state index < -0.39 is 5.97 Å². The molecule has 90 valence electrons. The fraction of sp³-hybridized carbons (Fsp3) is 0.273. The second-order valence-corrected chi connectivity index (χ2v) is 5.12. The lowest BCUT2D eigenvalue weighted by Crippen LogP contribution is -2.21. The average molecular weight is 316 g/mol. The molecule has 0 unspecified atom stereocenters. The number of para-hydroxylation sites is 1. The number of hydrogen-bond acceptors (Lipinski definition) is 4. The van der Waals surface area contributed by atoms with Crippen molar-refractivity contribution in [2.45, 2.75) is 6.54 Å². The Bertz CT molecular complexity index is 590. The van der Waals surface area contributed by atoms with Crippen LogP contribution in [0.25, 0.3) is 10.2 Å². The van der Waals surface area contributed by atoms with Crippen LogP contribution < -0.4 is 4.87 Å². The van der Waals surface area contributed by atoms with Crippen molar-refractivity contribution in [1.29, 1.82) is 0 Å². The van der Waals surface area contributed by atoms with E-state index in [0.29, 0.717) is 11.9 Å². The molecule has 0 bridgehead atoms. The number of nitrogens with zero attached hydrogens (tertiary/aromatic N) is 1. The molecule has 0 amide bonds. The lowest BCUT2D eigenvalue weighted by atomic mass is 10.3. The number of aromatic nitrogens is 1. The number of ether oxygens (including phenoxy) is 1. The van der Waals surface area contributed by atoms with Crippen molar-refractivity contribution in [1.82, 2.24) is 4.57 Å². The fourth-order valence-corrected chi connectivity index (χ4v) is 2.54. The molecular weight excluding hydrogens is 306 g/mol. The van der Waals surface area contributed by atoms with Crippen LogP contribution in [0.3, 0.4) is 0 Å². The third-order valence-corrected chi connectivity index (χ3v) is 3.49. The minimum atomic E-state index is -0.393. The standard InChI is InChI=1S/C11H10BrNO3S/c12-5-6-16-10(14)7-13-8-3-1-2-4-9(8)17-11(13)15/h1-4H,5-7H2. The van der Waals surface area contributed by atoms with Crippen molar-refractivity contribution in [3.63, 3.8) is 0 Å². The summed E-state index contributed by atoms with van der Waals surface area (Å²) in [5.41, 5.74) is 0.776. The highest BCUT2D eigenvalue weighted by Crippen LogP contribution is 2.16. The number of thiazole rings is 1. The second-order valence-electron chi connectivity index (χ2n) is 3.33. The molecule has 0 spiro atoms. The summed E-state index contributed by atoms with van der Waals surface area (Å²) < 4.78 is 7.25. The van der Waals surface area contributed by atoms with Crippen LogP contribution in [0.1, 0.15) is 0 Å². The van der Waals surface area contributed by atoms with E-state index in [2.05, 4.69) is 15.9 Å². The molecule has 2 rings (SSSR count). The number of esters is 1. The first-order valence-electron chi connectivity index (χ1n) is 5.02. The van der Waals surface area contributed by atoms with Gasteiger partial charge in [0.2, 0.25) is 0 Å². The molecule has 0 fully saturated rings. The van der Waals surface area contributed by atoms with Gasteiger partial charge >= 0.3 is 10.8 Å². The Hall–Kier alpha value is -1.14. The zero-order chi connectivity index (χ0) is 12.3. The van der Waals surface area contributed by atoms with Crippen molar-refractivity contribution < 1.29 is 9.53 Å². The molecule has 4 nitrogen and oxygen atoms in total. The van der Waals surface area contributed by atoms with Gasteiger partial charge in [-0.2, -0.15) is 0 Å². The number of alkyl halides is 1. The van der Waals surface area contributed by atoms with Gasteiger partial charge in [-0.15, -0.1) is 0 Å². The SMILES string of the molecule is O=C(Cn1c(=O)sc2ccccc21)OCCBr. The molecule has 17 heavy (non-hydrogen) atoms. The molecule has 1 heterocycles. The minimum Gasteiger partial charge on any atom is -0.463 e. The maximum atomic E-state index is 11.7. The first kappa shape index (κ1) is 12.3. The van der Waals surface area contributed by atoms with Gasteiger partial charge in [0.05, 0.1) is 10.2 Å². The maximum absolute atomic E-state index is 11.7. The third-order valence-electron chi connectivity index (χ3n) is 2.20. The predicted molar refractivity (Wildman–Crippen MR) is 70.8 cm³/mol. The van der Waals surface area contributed by atoms with E-state index in [1.165, 1.54) is 4.57 Å². The highest BCUT2D eigenvalue weighted by molar-refractivity contribution is 9.09. The molecule has 0 aliphatic carbocycles. The van der Waals surface area contributed by atoms with E-state index in [0.717, 1.165) is 21.6 Å². The Balaban J connectivity index is 2.26. The van der Waals surface area contributed by atoms with E-state index in [9.17, 15) is 9.59 Å². The Labute approximate surface area is 110 Å². The van der Waals surface area contributed by atoms with Crippen LogP contribution in [-0.2, 0) is 16.1 Å². The van der Waals surface area contributed by atoms with Crippen LogP contribution in [0.2, 0.25) is 0 Å². The van der Waals surface area contributed by atoms with Gasteiger partial charge in [0.25, 0.3) is 0 Å². The lowest BCUT2D eigenvalue weighted by Gasteiger charge is -2.03. The summed E-state index contributed by atoms with van der Waals surface area (Å²) >= 11 is 4.30. The molecule has 0 aliphatic rings. The summed E-state index contributed by atoms with van der Waals surface area (Å²) in [4.78, 5) is 23.0. The topological polar surface area (TPSA) is 48.3 Å². The maximum Gasteiger partial charge on any atom is 0.326 e. The molecule has 1 aromatic carbocycles. The normalized spacial score (nSPS) is 10.6. The molecule has 6 heteroatoms. The molecular formula is C11H10BrNO3S. The lowest BCUT2D eigenvalue weighted by molar-refractivity contribution is -0.143. The van der Waals surface area contributed by atoms with Crippen molar-refractivity contribution in [3.05, 3.63) is 33.9 Å². The Morgan fingerprint density at radius 2 is 2.18 bits per heavy atom. The third kappa shape index (κ3) is 2.76. The first-order chi connectivity index (χ1) is 8.22. The first-order valence-corrected chi connectivity index (χ1v) is 6.96. The van der Waals surface area contributed by atoms with Gasteiger partial charge < -0.3 is 4.74 Å². The average Bonchev–Trinajstić information content (AvgIpc) is 2.64. The van der Waals surface area contributed by atoms with Crippen molar-refractivity contribution in [3.8, 4) is 0 Å². The van der Waals surface area contributed by atoms with Crippen LogP contribution in [0.15, 0.2) is 29.1 Å². The Kier molecular flexibility index (Phi) is 3.96. The number of halogens is 1. The summed E-state index contributed by atoms with van der Waals surface area (Å²) in [5.74, 6) is -0.393. The molecule has 1 aromatic heterocycles. The number of hydrogen-bond donors (Lipinski definition) is 0. The molecule has 2 aromatic rings. The summed E-state index contributed by atoms with van der Waals surface area (Å²) in [5, 5.41) is 0.595. The number of benzene rings is 1. The van der Waals surface area contributed by atoms with Gasteiger partial charge in [0, 0.05) is 5.33 Å². The fourth-order valence-electron chi connectivity index (χ4n) is 1.49. The smallest absolute Gasteiger partial charge is 0.326 e. The summed E-state index contributed by atoms with van der Waals surface area (Å²) in [6.07, 6.45) is 0. The number of carbonyl (C=O) groups excluding carboxylic acids is 1. The Morgan fingerprint density at radius 3 is 2.94 bits per heavy atom. The Morgan fingerprint density at radius 1 is 1.41 bits per heavy atom. The second kappa shape index (κ2) is 5.46. The van der Waals surface area contributed by atoms with Crippen LogP contribution >= 0.6 is 27.3 Å². The monoisotopic (exact) mass is 315 g/mol. The molecule has 0 atom stereocenters. The van der Waals surface area contributed by atoms with Crippen LogP contribution in [0, 0.1) is 0 Å². The van der Waals surface area contributed by atoms with Gasteiger partial charge in [-0.25, -0.2) is 0 Å². The number of rotatable bonds is 4. The van der Waals surface area contributed by atoms with E-state index in [1.807, 2.05) is 24.3 Å². The van der Waals surface area contributed by atoms with Crippen LogP contribution in [-0.4, -0.2) is 22.5 Å². The summed E-state index contributed by atoms with van der Waals surface area (Å²) in [7, 11) is 0. The van der Waals surface area contributed by atoms with Crippen molar-refractivity contribution >= 4 is 43.5 Å². The molecule has 0 N–H and O–H groups in total. The van der Waals surface area contributed by atoms with Crippen molar-refractivity contribution in [2.24, 2.45) is 0 Å². The zero-order valence-electron chi connectivity index (χ0n) is 8.89. The number of fused-ring (bicyclic) bond motifs is 1. The van der Waals surface area contributed by atoms with Gasteiger partial charge in [0.1, 0.15) is 13.2 Å². The summed E-state index contributed by atoms with van der Waals surface area (Å²) in [6.45, 7) is 0.283. The highest BCUT2D eigenvalue weighted by Gasteiger charge is 2.11. The van der Waals surface area contributed by atoms with E-state index >= 15 is 0 Å². The quantitative estimate of drug-likeness (QED) is 0.640. The van der Waals surface area contributed by atoms with Gasteiger partial charge in [-0.1, -0.05) is 39.4 Å².